The monoisotopic (exact) mass is 375 g/mol. The highest BCUT2D eigenvalue weighted by atomic mass is 35.5. The molecule has 1 aliphatic rings. The fourth-order valence-electron chi connectivity index (χ4n) is 3.25. The molecule has 1 heterocycles. The number of ether oxygens (including phenoxy) is 3. The Labute approximate surface area is 160 Å². The van der Waals surface area contributed by atoms with Crippen LogP contribution in [0.2, 0.25) is 5.02 Å². The van der Waals surface area contributed by atoms with Crippen molar-refractivity contribution in [2.24, 2.45) is 0 Å². The zero-order valence-corrected chi connectivity index (χ0v) is 16.3. The van der Waals surface area contributed by atoms with Gasteiger partial charge in [-0.15, -0.1) is 0 Å². The van der Waals surface area contributed by atoms with E-state index in [9.17, 15) is 0 Å². The standard InChI is InChI=1S/C21H26ClNO3/c1-15(2)23-12-13-25-20(14-23)21(16-8-4-5-9-17(16)22)26-19-11-7-6-10-18(19)24-3/h4-11,15,20-21H,12-14H2,1-3H3. The first-order valence-corrected chi connectivity index (χ1v) is 9.37. The molecule has 2 unspecified atom stereocenters. The topological polar surface area (TPSA) is 30.9 Å². The number of halogens is 1. The second-order valence-corrected chi connectivity index (χ2v) is 7.12. The summed E-state index contributed by atoms with van der Waals surface area (Å²) >= 11 is 6.50. The Balaban J connectivity index is 1.93. The third kappa shape index (κ3) is 4.32. The number of rotatable bonds is 6. The van der Waals surface area contributed by atoms with Crippen molar-refractivity contribution in [1.29, 1.82) is 0 Å². The average molecular weight is 376 g/mol. The maximum Gasteiger partial charge on any atom is 0.162 e. The fourth-order valence-corrected chi connectivity index (χ4v) is 3.49. The van der Waals surface area contributed by atoms with Crippen molar-refractivity contribution in [3.8, 4) is 11.5 Å². The summed E-state index contributed by atoms with van der Waals surface area (Å²) in [5, 5.41) is 0.678. The van der Waals surface area contributed by atoms with Crippen molar-refractivity contribution in [2.45, 2.75) is 32.1 Å². The third-order valence-electron chi connectivity index (χ3n) is 4.73. The first-order valence-electron chi connectivity index (χ1n) is 9.00. The predicted octanol–water partition coefficient (Wildman–Crippen LogP) is 4.58. The number of benzene rings is 2. The third-order valence-corrected chi connectivity index (χ3v) is 5.07. The van der Waals surface area contributed by atoms with E-state index in [-0.39, 0.29) is 12.2 Å². The van der Waals surface area contributed by atoms with Crippen molar-refractivity contribution in [3.63, 3.8) is 0 Å². The van der Waals surface area contributed by atoms with Crippen LogP contribution in [0.5, 0.6) is 11.5 Å². The molecule has 0 bridgehead atoms. The number of hydrogen-bond donors (Lipinski definition) is 0. The molecule has 2 atom stereocenters. The van der Waals surface area contributed by atoms with Gasteiger partial charge in [0.1, 0.15) is 6.10 Å². The average Bonchev–Trinajstić information content (AvgIpc) is 2.67. The molecule has 2 aromatic rings. The minimum absolute atomic E-state index is 0.115. The second-order valence-electron chi connectivity index (χ2n) is 6.71. The van der Waals surface area contributed by atoms with Gasteiger partial charge in [0, 0.05) is 29.7 Å². The van der Waals surface area contributed by atoms with Crippen LogP contribution >= 0.6 is 11.6 Å². The molecule has 140 valence electrons. The maximum atomic E-state index is 6.50. The van der Waals surface area contributed by atoms with Gasteiger partial charge in [0.25, 0.3) is 0 Å². The van der Waals surface area contributed by atoms with Crippen LogP contribution in [0.4, 0.5) is 0 Å². The lowest BCUT2D eigenvalue weighted by atomic mass is 10.0. The molecule has 26 heavy (non-hydrogen) atoms. The van der Waals surface area contributed by atoms with E-state index in [1.807, 2.05) is 48.5 Å². The van der Waals surface area contributed by atoms with Crippen LogP contribution in [0.1, 0.15) is 25.5 Å². The smallest absolute Gasteiger partial charge is 0.162 e. The Hall–Kier alpha value is -1.75. The molecule has 2 aromatic carbocycles. The predicted molar refractivity (Wildman–Crippen MR) is 104 cm³/mol. The van der Waals surface area contributed by atoms with E-state index in [4.69, 9.17) is 25.8 Å². The van der Waals surface area contributed by atoms with Gasteiger partial charge >= 0.3 is 0 Å². The lowest BCUT2D eigenvalue weighted by molar-refractivity contribution is -0.0888. The van der Waals surface area contributed by atoms with Crippen LogP contribution in [0, 0.1) is 0 Å². The van der Waals surface area contributed by atoms with Gasteiger partial charge in [-0.2, -0.15) is 0 Å². The molecular formula is C21H26ClNO3. The fraction of sp³-hybridized carbons (Fsp3) is 0.429. The Kier molecular flexibility index (Phi) is 6.41. The van der Waals surface area contributed by atoms with Gasteiger partial charge in [0.05, 0.1) is 13.7 Å². The SMILES string of the molecule is COc1ccccc1OC(c1ccccc1Cl)C1CN(C(C)C)CCO1. The van der Waals surface area contributed by atoms with Crippen molar-refractivity contribution < 1.29 is 14.2 Å². The highest BCUT2D eigenvalue weighted by Crippen LogP contribution is 2.36. The molecule has 0 N–H and O–H groups in total. The Morgan fingerprint density at radius 2 is 1.77 bits per heavy atom. The summed E-state index contributed by atoms with van der Waals surface area (Å²) < 4.78 is 18.0. The van der Waals surface area contributed by atoms with E-state index >= 15 is 0 Å². The largest absolute Gasteiger partial charge is 0.493 e. The second kappa shape index (κ2) is 8.76. The van der Waals surface area contributed by atoms with Gasteiger partial charge < -0.3 is 14.2 Å². The van der Waals surface area contributed by atoms with Gasteiger partial charge in [-0.05, 0) is 32.0 Å². The van der Waals surface area contributed by atoms with Crippen LogP contribution in [0.15, 0.2) is 48.5 Å². The highest BCUT2D eigenvalue weighted by molar-refractivity contribution is 6.31. The van der Waals surface area contributed by atoms with Crippen LogP contribution in [-0.4, -0.2) is 43.9 Å². The van der Waals surface area contributed by atoms with E-state index in [0.29, 0.717) is 29.2 Å². The molecule has 3 rings (SSSR count). The quantitative estimate of drug-likeness (QED) is 0.739. The van der Waals surface area contributed by atoms with Gasteiger partial charge in [-0.1, -0.05) is 41.9 Å². The molecule has 5 heteroatoms. The van der Waals surface area contributed by atoms with Crippen molar-refractivity contribution in [1.82, 2.24) is 4.90 Å². The number of morpholine rings is 1. The molecular weight excluding hydrogens is 350 g/mol. The normalized spacial score (nSPS) is 19.3. The van der Waals surface area contributed by atoms with Gasteiger partial charge in [0.15, 0.2) is 17.6 Å². The summed E-state index contributed by atoms with van der Waals surface area (Å²) in [6.07, 6.45) is -0.433. The molecule has 0 saturated carbocycles. The molecule has 0 aliphatic carbocycles. The lowest BCUT2D eigenvalue weighted by Crippen LogP contribution is -2.48. The Morgan fingerprint density at radius 3 is 2.46 bits per heavy atom. The molecule has 4 nitrogen and oxygen atoms in total. The first-order chi connectivity index (χ1) is 12.6. The molecule has 1 aliphatic heterocycles. The molecule has 1 saturated heterocycles. The van der Waals surface area contributed by atoms with E-state index < -0.39 is 0 Å². The minimum Gasteiger partial charge on any atom is -0.493 e. The lowest BCUT2D eigenvalue weighted by Gasteiger charge is -2.39. The van der Waals surface area contributed by atoms with E-state index in [2.05, 4.69) is 18.7 Å². The molecule has 0 radical (unpaired) electrons. The Bertz CT molecular complexity index is 722. The summed E-state index contributed by atoms with van der Waals surface area (Å²) in [7, 11) is 1.64. The summed E-state index contributed by atoms with van der Waals surface area (Å²) in [5.74, 6) is 1.38. The van der Waals surface area contributed by atoms with Gasteiger partial charge in [0.2, 0.25) is 0 Å². The maximum absolute atomic E-state index is 6.50. The number of hydrogen-bond acceptors (Lipinski definition) is 4. The van der Waals surface area contributed by atoms with Gasteiger partial charge in [-0.3, -0.25) is 4.90 Å². The Morgan fingerprint density at radius 1 is 1.08 bits per heavy atom. The number of nitrogens with zero attached hydrogens (tertiary/aromatic N) is 1. The van der Waals surface area contributed by atoms with E-state index in [0.717, 1.165) is 18.7 Å². The van der Waals surface area contributed by atoms with Crippen LogP contribution in [0.3, 0.4) is 0 Å². The van der Waals surface area contributed by atoms with E-state index in [1.165, 1.54) is 0 Å². The van der Waals surface area contributed by atoms with Crippen LogP contribution < -0.4 is 9.47 Å². The van der Waals surface area contributed by atoms with Gasteiger partial charge in [-0.25, -0.2) is 0 Å². The molecule has 1 fully saturated rings. The first kappa shape index (κ1) is 19.0. The van der Waals surface area contributed by atoms with Crippen LogP contribution in [0.25, 0.3) is 0 Å². The summed E-state index contributed by atoms with van der Waals surface area (Å²) in [6.45, 7) is 6.81. The summed E-state index contributed by atoms with van der Waals surface area (Å²) in [5.41, 5.74) is 0.927. The van der Waals surface area contributed by atoms with Crippen LogP contribution in [-0.2, 0) is 4.74 Å². The van der Waals surface area contributed by atoms with Crippen molar-refractivity contribution in [2.75, 3.05) is 26.8 Å². The number of methoxy groups -OCH3 is 1. The molecule has 0 spiro atoms. The summed E-state index contributed by atoms with van der Waals surface area (Å²) in [4.78, 5) is 2.41. The zero-order chi connectivity index (χ0) is 18.5. The highest BCUT2D eigenvalue weighted by Gasteiger charge is 2.33. The minimum atomic E-state index is -0.318. The summed E-state index contributed by atoms with van der Waals surface area (Å²) in [6, 6.07) is 15.9. The van der Waals surface area contributed by atoms with Crippen molar-refractivity contribution >= 4 is 11.6 Å². The number of para-hydroxylation sites is 2. The zero-order valence-electron chi connectivity index (χ0n) is 15.5. The molecule has 0 amide bonds. The van der Waals surface area contributed by atoms with Crippen molar-refractivity contribution in [3.05, 3.63) is 59.1 Å². The molecule has 0 aromatic heterocycles. The van der Waals surface area contributed by atoms with E-state index in [1.54, 1.807) is 7.11 Å².